The molecule has 22 heavy (non-hydrogen) atoms. The summed E-state index contributed by atoms with van der Waals surface area (Å²) in [5.41, 5.74) is 0.290. The van der Waals surface area contributed by atoms with Gasteiger partial charge in [-0.3, -0.25) is 4.90 Å². The van der Waals surface area contributed by atoms with Crippen molar-refractivity contribution in [2.75, 3.05) is 38.3 Å². The highest BCUT2D eigenvalue weighted by Gasteiger charge is 2.45. The summed E-state index contributed by atoms with van der Waals surface area (Å²) in [5.74, 6) is 0.259. The second-order valence-corrected chi connectivity index (χ2v) is 6.38. The van der Waals surface area contributed by atoms with Gasteiger partial charge in [-0.2, -0.15) is 0 Å². The van der Waals surface area contributed by atoms with E-state index < -0.39 is 0 Å². The highest BCUT2D eigenvalue weighted by molar-refractivity contribution is 5.30. The molecule has 0 radical (unpaired) electrons. The number of aromatic nitrogens is 2. The smallest absolute Gasteiger partial charge is 0.225 e. The average molecular weight is 308 g/mol. The van der Waals surface area contributed by atoms with Gasteiger partial charge in [-0.15, -0.1) is 0 Å². The zero-order chi connectivity index (χ0) is 15.6. The van der Waals surface area contributed by atoms with Crippen molar-refractivity contribution in [1.29, 1.82) is 0 Å². The molecule has 2 saturated heterocycles. The van der Waals surface area contributed by atoms with Crippen LogP contribution in [-0.4, -0.2) is 59.8 Å². The Morgan fingerprint density at radius 2 is 1.95 bits per heavy atom. The molecule has 0 bridgehead atoms. The van der Waals surface area contributed by atoms with Gasteiger partial charge in [-0.25, -0.2) is 14.4 Å². The Morgan fingerprint density at radius 3 is 2.59 bits per heavy atom. The van der Waals surface area contributed by atoms with E-state index >= 15 is 0 Å². The zero-order valence-electron chi connectivity index (χ0n) is 13.5. The van der Waals surface area contributed by atoms with Crippen LogP contribution in [0.15, 0.2) is 12.4 Å². The SMILES string of the molecule is CCOC[C@@H]1CCC2(CCN(c3ncc(F)cn3)CC2)N1C. The van der Waals surface area contributed by atoms with Crippen molar-refractivity contribution in [2.45, 2.75) is 44.2 Å². The summed E-state index contributed by atoms with van der Waals surface area (Å²) >= 11 is 0. The first-order valence-electron chi connectivity index (χ1n) is 8.18. The molecular weight excluding hydrogens is 283 g/mol. The van der Waals surface area contributed by atoms with Crippen LogP contribution >= 0.6 is 0 Å². The summed E-state index contributed by atoms with van der Waals surface area (Å²) in [5, 5.41) is 0. The standard InChI is InChI=1S/C16H25FN4O/c1-3-22-12-14-4-5-16(20(14)2)6-8-21(9-7-16)15-18-10-13(17)11-19-15/h10-11,14H,3-9,12H2,1-2H3/t14-/m0/s1. The number of halogens is 1. The van der Waals surface area contributed by atoms with E-state index in [1.807, 2.05) is 6.92 Å². The van der Waals surface area contributed by atoms with Gasteiger partial charge < -0.3 is 9.64 Å². The van der Waals surface area contributed by atoms with Crippen LogP contribution < -0.4 is 4.90 Å². The highest BCUT2D eigenvalue weighted by Crippen LogP contribution is 2.40. The van der Waals surface area contributed by atoms with Crippen LogP contribution in [0, 0.1) is 5.82 Å². The Labute approximate surface area is 131 Å². The highest BCUT2D eigenvalue weighted by atomic mass is 19.1. The molecule has 1 atom stereocenters. The Morgan fingerprint density at radius 1 is 1.27 bits per heavy atom. The minimum absolute atomic E-state index is 0.290. The summed E-state index contributed by atoms with van der Waals surface area (Å²) in [4.78, 5) is 12.9. The Kier molecular flexibility index (Phi) is 4.59. The van der Waals surface area contributed by atoms with Crippen molar-refractivity contribution in [3.8, 4) is 0 Å². The monoisotopic (exact) mass is 308 g/mol. The number of ether oxygens (including phenoxy) is 1. The second-order valence-electron chi connectivity index (χ2n) is 6.38. The van der Waals surface area contributed by atoms with Crippen molar-refractivity contribution in [3.63, 3.8) is 0 Å². The van der Waals surface area contributed by atoms with E-state index in [0.717, 1.165) is 39.1 Å². The first-order valence-corrected chi connectivity index (χ1v) is 8.18. The van der Waals surface area contributed by atoms with Gasteiger partial charge >= 0.3 is 0 Å². The molecule has 3 heterocycles. The van der Waals surface area contributed by atoms with E-state index in [2.05, 4.69) is 26.8 Å². The number of anilines is 1. The normalized spacial score (nSPS) is 25.0. The number of piperidine rings is 1. The fraction of sp³-hybridized carbons (Fsp3) is 0.750. The minimum Gasteiger partial charge on any atom is -0.380 e. The fourth-order valence-corrected chi connectivity index (χ4v) is 3.84. The molecule has 1 spiro atoms. The summed E-state index contributed by atoms with van der Waals surface area (Å²) in [6.07, 6.45) is 7.14. The molecule has 1 aromatic rings. The third kappa shape index (κ3) is 2.94. The van der Waals surface area contributed by atoms with E-state index in [1.165, 1.54) is 25.2 Å². The fourth-order valence-electron chi connectivity index (χ4n) is 3.84. The first-order chi connectivity index (χ1) is 10.6. The maximum Gasteiger partial charge on any atom is 0.225 e. The molecule has 6 heteroatoms. The van der Waals surface area contributed by atoms with E-state index in [1.54, 1.807) is 0 Å². The molecule has 0 amide bonds. The largest absolute Gasteiger partial charge is 0.380 e. The van der Waals surface area contributed by atoms with E-state index in [0.29, 0.717) is 12.0 Å². The van der Waals surface area contributed by atoms with E-state index in [-0.39, 0.29) is 11.4 Å². The molecule has 5 nitrogen and oxygen atoms in total. The van der Waals surface area contributed by atoms with Gasteiger partial charge in [0.05, 0.1) is 19.0 Å². The molecule has 3 rings (SSSR count). The molecule has 2 aliphatic rings. The number of rotatable bonds is 4. The molecule has 0 unspecified atom stereocenters. The van der Waals surface area contributed by atoms with E-state index in [4.69, 9.17) is 4.74 Å². The van der Waals surface area contributed by atoms with Crippen molar-refractivity contribution in [2.24, 2.45) is 0 Å². The Bertz CT molecular complexity index is 487. The molecule has 1 aromatic heterocycles. The first kappa shape index (κ1) is 15.6. The predicted molar refractivity (Wildman–Crippen MR) is 83.4 cm³/mol. The van der Waals surface area contributed by atoms with Gasteiger partial charge in [0.1, 0.15) is 0 Å². The number of hydrogen-bond donors (Lipinski definition) is 0. The van der Waals surface area contributed by atoms with Crippen molar-refractivity contribution < 1.29 is 9.13 Å². The molecule has 122 valence electrons. The number of hydrogen-bond acceptors (Lipinski definition) is 5. The Balaban J connectivity index is 1.60. The molecule has 0 aromatic carbocycles. The molecule has 2 aliphatic heterocycles. The summed E-state index contributed by atoms with van der Waals surface area (Å²) in [7, 11) is 2.24. The third-order valence-electron chi connectivity index (χ3n) is 5.34. The zero-order valence-corrected chi connectivity index (χ0v) is 13.5. The molecular formula is C16H25FN4O. The van der Waals surface area contributed by atoms with Crippen LogP contribution in [0.25, 0.3) is 0 Å². The topological polar surface area (TPSA) is 41.5 Å². The lowest BCUT2D eigenvalue weighted by atomic mass is 9.85. The quantitative estimate of drug-likeness (QED) is 0.852. The lowest BCUT2D eigenvalue weighted by molar-refractivity contribution is 0.0460. The van der Waals surface area contributed by atoms with Crippen molar-refractivity contribution in [3.05, 3.63) is 18.2 Å². The van der Waals surface area contributed by atoms with Crippen LogP contribution in [0.5, 0.6) is 0 Å². The van der Waals surface area contributed by atoms with Gasteiger partial charge in [0, 0.05) is 31.3 Å². The van der Waals surface area contributed by atoms with Crippen LogP contribution in [0.2, 0.25) is 0 Å². The number of likely N-dealkylation sites (tertiary alicyclic amines) is 1. The van der Waals surface area contributed by atoms with Crippen molar-refractivity contribution >= 4 is 5.95 Å². The number of likely N-dealkylation sites (N-methyl/N-ethyl adjacent to an activating group) is 1. The molecule has 0 saturated carbocycles. The van der Waals surface area contributed by atoms with Gasteiger partial charge in [0.2, 0.25) is 5.95 Å². The summed E-state index contributed by atoms with van der Waals surface area (Å²) < 4.78 is 18.5. The van der Waals surface area contributed by atoms with Crippen LogP contribution in [0.1, 0.15) is 32.6 Å². The summed E-state index contributed by atoms with van der Waals surface area (Å²) in [6.45, 7) is 5.52. The van der Waals surface area contributed by atoms with Crippen LogP contribution in [0.3, 0.4) is 0 Å². The van der Waals surface area contributed by atoms with E-state index in [9.17, 15) is 4.39 Å². The van der Waals surface area contributed by atoms with Gasteiger partial charge in [0.25, 0.3) is 0 Å². The maximum atomic E-state index is 12.9. The van der Waals surface area contributed by atoms with Crippen LogP contribution in [0.4, 0.5) is 10.3 Å². The average Bonchev–Trinajstić information content (AvgIpc) is 2.84. The third-order valence-corrected chi connectivity index (χ3v) is 5.34. The number of nitrogens with zero attached hydrogens (tertiary/aromatic N) is 4. The molecule has 2 fully saturated rings. The van der Waals surface area contributed by atoms with Gasteiger partial charge in [-0.05, 0) is 39.7 Å². The van der Waals surface area contributed by atoms with Gasteiger partial charge in [-0.1, -0.05) is 0 Å². The Hall–Kier alpha value is -1.27. The minimum atomic E-state index is -0.383. The van der Waals surface area contributed by atoms with Crippen LogP contribution in [-0.2, 0) is 4.74 Å². The maximum absolute atomic E-state index is 12.9. The second kappa shape index (κ2) is 6.46. The van der Waals surface area contributed by atoms with Gasteiger partial charge in [0.15, 0.2) is 5.82 Å². The molecule has 0 aliphatic carbocycles. The predicted octanol–water partition coefficient (Wildman–Crippen LogP) is 2.09. The lowest BCUT2D eigenvalue weighted by Gasteiger charge is -2.45. The van der Waals surface area contributed by atoms with Crippen molar-refractivity contribution in [1.82, 2.24) is 14.9 Å². The molecule has 0 N–H and O–H groups in total. The lowest BCUT2D eigenvalue weighted by Crippen LogP contribution is -2.53. The summed E-state index contributed by atoms with van der Waals surface area (Å²) in [6, 6.07) is 0.536.